The Kier molecular flexibility index (Phi) is 6.62. The number of nitrogens with one attached hydrogen (secondary N) is 2. The maximum Gasteiger partial charge on any atom is 0.263 e. The number of nitrogens with zero attached hydrogens (tertiary/aromatic N) is 3. The Labute approximate surface area is 201 Å². The van der Waals surface area contributed by atoms with Crippen LogP contribution >= 0.6 is 11.3 Å². The molecule has 0 unspecified atom stereocenters. The Balaban J connectivity index is 1.79. The number of carbonyl (C=O) groups excluding carboxylic acids is 1. The summed E-state index contributed by atoms with van der Waals surface area (Å²) in [4.78, 5) is 26.9. The summed E-state index contributed by atoms with van der Waals surface area (Å²) in [5.74, 6) is 0.579. The monoisotopic (exact) mass is 478 g/mol. The Morgan fingerprint density at radius 3 is 2.68 bits per heavy atom. The first-order valence-electron chi connectivity index (χ1n) is 10.6. The van der Waals surface area contributed by atoms with E-state index in [2.05, 4.69) is 25.6 Å². The second kappa shape index (κ2) is 9.62. The van der Waals surface area contributed by atoms with Gasteiger partial charge in [-0.05, 0) is 25.5 Å². The predicted molar refractivity (Wildman–Crippen MR) is 134 cm³/mol. The lowest BCUT2D eigenvalue weighted by Crippen LogP contribution is -2.35. The van der Waals surface area contributed by atoms with Gasteiger partial charge in [0.05, 0.1) is 35.1 Å². The summed E-state index contributed by atoms with van der Waals surface area (Å²) >= 11 is 1.18. The van der Waals surface area contributed by atoms with E-state index in [0.717, 1.165) is 5.56 Å². The molecule has 0 atom stereocenters. The third-order valence-corrected chi connectivity index (χ3v) is 6.20. The molecule has 0 fully saturated rings. The molecule has 0 aliphatic heterocycles. The van der Waals surface area contributed by atoms with Crippen molar-refractivity contribution in [2.45, 2.75) is 26.0 Å². The van der Waals surface area contributed by atoms with Crippen LogP contribution in [-0.4, -0.2) is 45.2 Å². The van der Waals surface area contributed by atoms with E-state index in [1.165, 1.54) is 11.3 Å². The Bertz CT molecular complexity index is 1320. The fourth-order valence-corrected chi connectivity index (χ4v) is 4.32. The average Bonchev–Trinajstić information content (AvgIpc) is 3.18. The van der Waals surface area contributed by atoms with Gasteiger partial charge in [-0.2, -0.15) is 0 Å². The Morgan fingerprint density at radius 2 is 1.97 bits per heavy atom. The largest absolute Gasteiger partial charge is 0.487 e. The summed E-state index contributed by atoms with van der Waals surface area (Å²) in [5, 5.41) is 16.0. The number of ether oxygens (including phenoxy) is 1. The highest BCUT2D eigenvalue weighted by molar-refractivity contribution is 7.21. The van der Waals surface area contributed by atoms with E-state index in [-0.39, 0.29) is 12.5 Å². The summed E-state index contributed by atoms with van der Waals surface area (Å²) in [6, 6.07) is 11.7. The first-order valence-corrected chi connectivity index (χ1v) is 11.5. The molecule has 1 aromatic carbocycles. The summed E-state index contributed by atoms with van der Waals surface area (Å²) < 4.78 is 5.94. The van der Waals surface area contributed by atoms with E-state index in [4.69, 9.17) is 10.5 Å². The maximum absolute atomic E-state index is 12.4. The molecule has 0 spiro atoms. The molecule has 0 aliphatic rings. The molecule has 3 heterocycles. The van der Waals surface area contributed by atoms with Gasteiger partial charge >= 0.3 is 0 Å². The molecule has 34 heavy (non-hydrogen) atoms. The number of rotatable bonds is 8. The van der Waals surface area contributed by atoms with E-state index < -0.39 is 5.54 Å². The van der Waals surface area contributed by atoms with Gasteiger partial charge in [0.2, 0.25) is 5.95 Å². The van der Waals surface area contributed by atoms with E-state index in [1.54, 1.807) is 19.4 Å². The van der Waals surface area contributed by atoms with E-state index >= 15 is 0 Å². The minimum absolute atomic E-state index is 0.121. The molecule has 10 heteroatoms. The van der Waals surface area contributed by atoms with Crippen LogP contribution in [-0.2, 0) is 6.61 Å². The van der Waals surface area contributed by atoms with Gasteiger partial charge in [0.1, 0.15) is 22.1 Å². The van der Waals surface area contributed by atoms with Crippen LogP contribution in [0.1, 0.15) is 29.1 Å². The summed E-state index contributed by atoms with van der Waals surface area (Å²) in [7, 11) is 1.55. The summed E-state index contributed by atoms with van der Waals surface area (Å²) in [5.41, 5.74) is 8.25. The molecule has 9 nitrogen and oxygen atoms in total. The third-order valence-electron chi connectivity index (χ3n) is 5.10. The van der Waals surface area contributed by atoms with Gasteiger partial charge in [-0.25, -0.2) is 9.97 Å². The molecule has 5 N–H and O–H groups in total. The lowest BCUT2D eigenvalue weighted by atomic mass is 10.1. The SMILES string of the molecule is CNC(=O)c1sc2nc(NC(C)(C)CO)nc(-c3cncc(OCc4ccccc4)c3)c2c1N. The van der Waals surface area contributed by atoms with Crippen LogP contribution < -0.4 is 21.1 Å². The van der Waals surface area contributed by atoms with Crippen LogP contribution in [0, 0.1) is 0 Å². The Hall–Kier alpha value is -3.76. The van der Waals surface area contributed by atoms with Crippen molar-refractivity contribution in [1.82, 2.24) is 20.3 Å². The summed E-state index contributed by atoms with van der Waals surface area (Å²) in [6.07, 6.45) is 3.29. The van der Waals surface area contributed by atoms with Gasteiger partial charge < -0.3 is 26.2 Å². The van der Waals surface area contributed by atoms with Gasteiger partial charge in [-0.15, -0.1) is 11.3 Å². The van der Waals surface area contributed by atoms with Gasteiger partial charge in [0.25, 0.3) is 5.91 Å². The van der Waals surface area contributed by atoms with Gasteiger partial charge in [-0.3, -0.25) is 9.78 Å². The molecule has 0 aliphatic carbocycles. The smallest absolute Gasteiger partial charge is 0.263 e. The maximum atomic E-state index is 12.4. The first kappa shape index (κ1) is 23.4. The molecule has 176 valence electrons. The molecule has 0 bridgehead atoms. The van der Waals surface area contributed by atoms with E-state index in [0.29, 0.717) is 50.3 Å². The molecule has 0 saturated carbocycles. The van der Waals surface area contributed by atoms with Crippen molar-refractivity contribution in [1.29, 1.82) is 0 Å². The molecule has 3 aromatic heterocycles. The lowest BCUT2D eigenvalue weighted by Gasteiger charge is -2.23. The fraction of sp³-hybridized carbons (Fsp3) is 0.250. The van der Waals surface area contributed by atoms with Crippen molar-refractivity contribution in [2.24, 2.45) is 0 Å². The normalized spacial score (nSPS) is 11.4. The van der Waals surface area contributed by atoms with Gasteiger partial charge in [-0.1, -0.05) is 30.3 Å². The van der Waals surface area contributed by atoms with Crippen molar-refractivity contribution in [3.63, 3.8) is 0 Å². The zero-order chi connectivity index (χ0) is 24.3. The number of aliphatic hydroxyl groups excluding tert-OH is 1. The molecule has 0 radical (unpaired) electrons. The number of anilines is 2. The van der Waals surface area contributed by atoms with Crippen molar-refractivity contribution < 1.29 is 14.6 Å². The van der Waals surface area contributed by atoms with Crippen molar-refractivity contribution in [3.05, 3.63) is 59.2 Å². The molecule has 1 amide bonds. The lowest BCUT2D eigenvalue weighted by molar-refractivity contribution is 0.0968. The minimum atomic E-state index is -0.656. The van der Waals surface area contributed by atoms with Crippen LogP contribution in [0.3, 0.4) is 0 Å². The molecule has 0 saturated heterocycles. The number of fused-ring (bicyclic) bond motifs is 1. The highest BCUT2D eigenvalue weighted by Crippen LogP contribution is 2.39. The standard InChI is InChI=1S/C24H26N6O3S/c1-24(2,13-31)30-23-28-19(17-18(25)20(21(32)26-3)34-22(17)29-23)15-9-16(11-27-10-15)33-12-14-7-5-4-6-8-14/h4-11,31H,12-13,25H2,1-3H3,(H,26,32)(H,28,29,30). The predicted octanol–water partition coefficient (Wildman–Crippen LogP) is 3.46. The van der Waals surface area contributed by atoms with Crippen LogP contribution in [0.4, 0.5) is 11.6 Å². The number of nitrogens with two attached hydrogens (primary N) is 1. The van der Waals surface area contributed by atoms with Crippen molar-refractivity contribution >= 4 is 39.1 Å². The Morgan fingerprint density at radius 1 is 1.21 bits per heavy atom. The fourth-order valence-electron chi connectivity index (χ4n) is 3.28. The molecule has 4 aromatic rings. The van der Waals surface area contributed by atoms with Crippen LogP contribution in [0.2, 0.25) is 0 Å². The number of amides is 1. The molecule has 4 rings (SSSR count). The van der Waals surface area contributed by atoms with Crippen LogP contribution in [0.25, 0.3) is 21.5 Å². The van der Waals surface area contributed by atoms with E-state index in [1.807, 2.05) is 50.2 Å². The number of benzene rings is 1. The topological polar surface area (TPSA) is 135 Å². The second-order valence-corrected chi connectivity index (χ2v) is 9.35. The van der Waals surface area contributed by atoms with Crippen LogP contribution in [0.15, 0.2) is 48.8 Å². The molecular formula is C24H26N6O3S. The number of hydrogen-bond donors (Lipinski definition) is 4. The van der Waals surface area contributed by atoms with Gasteiger partial charge in [0.15, 0.2) is 0 Å². The van der Waals surface area contributed by atoms with Crippen LogP contribution in [0.5, 0.6) is 5.75 Å². The number of aromatic nitrogens is 3. The zero-order valence-corrected chi connectivity index (χ0v) is 19.9. The number of carbonyl (C=O) groups is 1. The van der Waals surface area contributed by atoms with Crippen molar-refractivity contribution in [3.8, 4) is 17.0 Å². The van der Waals surface area contributed by atoms with Gasteiger partial charge in [0, 0.05) is 18.8 Å². The quantitative estimate of drug-likeness (QED) is 0.302. The summed E-state index contributed by atoms with van der Waals surface area (Å²) in [6.45, 7) is 3.94. The highest BCUT2D eigenvalue weighted by atomic mass is 32.1. The number of aliphatic hydroxyl groups is 1. The number of thiophene rings is 1. The first-order chi connectivity index (χ1) is 16.3. The second-order valence-electron chi connectivity index (χ2n) is 8.35. The number of hydrogen-bond acceptors (Lipinski definition) is 9. The third kappa shape index (κ3) is 4.92. The van der Waals surface area contributed by atoms with Crippen molar-refractivity contribution in [2.75, 3.05) is 24.7 Å². The highest BCUT2D eigenvalue weighted by Gasteiger charge is 2.24. The number of nitrogen functional groups attached to an aromatic ring is 1. The molecular weight excluding hydrogens is 452 g/mol. The number of pyridine rings is 1. The zero-order valence-electron chi connectivity index (χ0n) is 19.1. The average molecular weight is 479 g/mol. The minimum Gasteiger partial charge on any atom is -0.487 e. The van der Waals surface area contributed by atoms with E-state index in [9.17, 15) is 9.90 Å².